The van der Waals surface area contributed by atoms with E-state index in [0.717, 1.165) is 18.9 Å². The highest BCUT2D eigenvalue weighted by molar-refractivity contribution is 5.42. The second-order valence-electron chi connectivity index (χ2n) is 6.10. The van der Waals surface area contributed by atoms with Gasteiger partial charge in [-0.2, -0.15) is 0 Å². The van der Waals surface area contributed by atoms with Crippen molar-refractivity contribution in [3.63, 3.8) is 0 Å². The maximum atomic E-state index is 11.4. The highest BCUT2D eigenvalue weighted by Crippen LogP contribution is 2.43. The van der Waals surface area contributed by atoms with E-state index in [4.69, 9.17) is 0 Å². The number of nitrogens with zero attached hydrogens (tertiary/aromatic N) is 2. The van der Waals surface area contributed by atoms with E-state index in [1.165, 1.54) is 11.9 Å². The molecule has 0 radical (unpaired) electrons. The number of rotatable bonds is 2. The van der Waals surface area contributed by atoms with Crippen LogP contribution in [0.3, 0.4) is 0 Å². The van der Waals surface area contributed by atoms with Crippen molar-refractivity contribution in [1.82, 2.24) is 9.97 Å². The average molecular weight is 269 g/mol. The predicted octanol–water partition coefficient (Wildman–Crippen LogP) is 2.40. The topological polar surface area (TPSA) is 49.0 Å². The summed E-state index contributed by atoms with van der Waals surface area (Å²) in [5, 5.41) is 0. The molecule has 2 heterocycles. The van der Waals surface area contributed by atoms with Crippen molar-refractivity contribution in [2.45, 2.75) is 19.8 Å². The SMILES string of the molecule is CC1(C)CN(c2cc(=O)[nH]cn2)C[C@H]1c1ccccc1. The van der Waals surface area contributed by atoms with Crippen molar-refractivity contribution in [1.29, 1.82) is 0 Å². The van der Waals surface area contributed by atoms with Crippen LogP contribution < -0.4 is 10.5 Å². The number of benzene rings is 1. The van der Waals surface area contributed by atoms with Crippen LogP contribution in [0.1, 0.15) is 25.3 Å². The number of anilines is 1. The van der Waals surface area contributed by atoms with Gasteiger partial charge < -0.3 is 9.88 Å². The molecule has 3 rings (SSSR count). The van der Waals surface area contributed by atoms with Gasteiger partial charge in [0, 0.05) is 25.1 Å². The Hall–Kier alpha value is -2.10. The van der Waals surface area contributed by atoms with E-state index in [1.807, 2.05) is 6.07 Å². The zero-order valence-electron chi connectivity index (χ0n) is 11.8. The van der Waals surface area contributed by atoms with Crippen molar-refractivity contribution < 1.29 is 0 Å². The Balaban J connectivity index is 1.91. The zero-order valence-corrected chi connectivity index (χ0v) is 11.8. The van der Waals surface area contributed by atoms with Crippen molar-refractivity contribution in [2.24, 2.45) is 5.41 Å². The van der Waals surface area contributed by atoms with Gasteiger partial charge in [-0.05, 0) is 11.0 Å². The van der Waals surface area contributed by atoms with E-state index in [9.17, 15) is 4.79 Å². The average Bonchev–Trinajstić information content (AvgIpc) is 2.76. The number of hydrogen-bond acceptors (Lipinski definition) is 3. The molecule has 0 bridgehead atoms. The first-order chi connectivity index (χ1) is 9.56. The van der Waals surface area contributed by atoms with Gasteiger partial charge in [-0.15, -0.1) is 0 Å². The fraction of sp³-hybridized carbons (Fsp3) is 0.375. The van der Waals surface area contributed by atoms with Gasteiger partial charge in [0.1, 0.15) is 5.82 Å². The lowest BCUT2D eigenvalue weighted by atomic mass is 9.78. The normalized spacial score (nSPS) is 21.1. The first-order valence-electron chi connectivity index (χ1n) is 6.91. The Kier molecular flexibility index (Phi) is 3.08. The first-order valence-corrected chi connectivity index (χ1v) is 6.91. The van der Waals surface area contributed by atoms with Crippen molar-refractivity contribution in [2.75, 3.05) is 18.0 Å². The van der Waals surface area contributed by atoms with Crippen LogP contribution in [0.15, 0.2) is 47.5 Å². The molecule has 20 heavy (non-hydrogen) atoms. The van der Waals surface area contributed by atoms with Gasteiger partial charge in [0.15, 0.2) is 0 Å². The maximum Gasteiger partial charge on any atom is 0.252 e. The summed E-state index contributed by atoms with van der Waals surface area (Å²) >= 11 is 0. The summed E-state index contributed by atoms with van der Waals surface area (Å²) in [7, 11) is 0. The molecule has 0 aliphatic carbocycles. The van der Waals surface area contributed by atoms with Crippen LogP contribution in [-0.2, 0) is 0 Å². The summed E-state index contributed by atoms with van der Waals surface area (Å²) in [4.78, 5) is 20.5. The number of hydrogen-bond donors (Lipinski definition) is 1. The van der Waals surface area contributed by atoms with Crippen molar-refractivity contribution >= 4 is 5.82 Å². The van der Waals surface area contributed by atoms with Gasteiger partial charge in [-0.25, -0.2) is 4.98 Å². The standard InChI is InChI=1S/C16H19N3O/c1-16(2)10-19(14-8-15(20)18-11-17-14)9-13(16)12-6-4-3-5-7-12/h3-8,11,13H,9-10H2,1-2H3,(H,17,18,20)/t13-/m0/s1. The van der Waals surface area contributed by atoms with E-state index in [0.29, 0.717) is 5.92 Å². The molecule has 1 saturated heterocycles. The molecule has 104 valence electrons. The van der Waals surface area contributed by atoms with Gasteiger partial charge >= 0.3 is 0 Å². The second-order valence-corrected chi connectivity index (χ2v) is 6.10. The summed E-state index contributed by atoms with van der Waals surface area (Å²) in [6.07, 6.45) is 1.47. The van der Waals surface area contributed by atoms with Crippen LogP contribution in [0.25, 0.3) is 0 Å². The number of aromatic nitrogens is 2. The van der Waals surface area contributed by atoms with Crippen LogP contribution in [-0.4, -0.2) is 23.1 Å². The summed E-state index contributed by atoms with van der Waals surface area (Å²) in [5.74, 6) is 1.21. The third-order valence-electron chi connectivity index (χ3n) is 4.13. The Morgan fingerprint density at radius 3 is 2.75 bits per heavy atom. The Morgan fingerprint density at radius 2 is 2.05 bits per heavy atom. The molecule has 2 aromatic rings. The maximum absolute atomic E-state index is 11.4. The minimum absolute atomic E-state index is 0.101. The van der Waals surface area contributed by atoms with Crippen LogP contribution >= 0.6 is 0 Å². The molecule has 1 aromatic carbocycles. The molecule has 1 aliphatic rings. The molecular weight excluding hydrogens is 250 g/mol. The molecule has 1 aromatic heterocycles. The van der Waals surface area contributed by atoms with Crippen molar-refractivity contribution in [3.05, 3.63) is 58.6 Å². The quantitative estimate of drug-likeness (QED) is 0.910. The lowest BCUT2D eigenvalue weighted by Gasteiger charge is -2.25. The fourth-order valence-corrected chi connectivity index (χ4v) is 3.08. The van der Waals surface area contributed by atoms with Gasteiger partial charge in [-0.1, -0.05) is 44.2 Å². The molecule has 1 atom stereocenters. The fourth-order valence-electron chi connectivity index (χ4n) is 3.08. The third kappa shape index (κ3) is 2.33. The van der Waals surface area contributed by atoms with Gasteiger partial charge in [0.25, 0.3) is 5.56 Å². The Bertz CT molecular complexity index is 648. The molecule has 4 heteroatoms. The molecule has 0 amide bonds. The lowest BCUT2D eigenvalue weighted by molar-refractivity contribution is 0.365. The smallest absolute Gasteiger partial charge is 0.252 e. The molecule has 4 nitrogen and oxygen atoms in total. The van der Waals surface area contributed by atoms with Gasteiger partial charge in [-0.3, -0.25) is 4.79 Å². The molecule has 1 aliphatic heterocycles. The summed E-state index contributed by atoms with van der Waals surface area (Å²) in [6.45, 7) is 6.35. The minimum Gasteiger partial charge on any atom is -0.355 e. The summed E-state index contributed by atoms with van der Waals surface area (Å²) < 4.78 is 0. The molecule has 0 unspecified atom stereocenters. The molecule has 0 saturated carbocycles. The monoisotopic (exact) mass is 269 g/mol. The second kappa shape index (κ2) is 4.78. The van der Waals surface area contributed by atoms with E-state index < -0.39 is 0 Å². The highest BCUT2D eigenvalue weighted by atomic mass is 16.1. The summed E-state index contributed by atoms with van der Waals surface area (Å²) in [6, 6.07) is 12.1. The van der Waals surface area contributed by atoms with Crippen LogP contribution in [0, 0.1) is 5.41 Å². The highest BCUT2D eigenvalue weighted by Gasteiger charge is 2.40. The van der Waals surface area contributed by atoms with Gasteiger partial charge in [0.05, 0.1) is 6.33 Å². The van der Waals surface area contributed by atoms with Gasteiger partial charge in [0.2, 0.25) is 0 Å². The Morgan fingerprint density at radius 1 is 1.30 bits per heavy atom. The van der Waals surface area contributed by atoms with E-state index in [-0.39, 0.29) is 11.0 Å². The number of H-pyrrole nitrogens is 1. The van der Waals surface area contributed by atoms with Crippen LogP contribution in [0.5, 0.6) is 0 Å². The largest absolute Gasteiger partial charge is 0.355 e. The first kappa shape index (κ1) is 12.9. The van der Waals surface area contributed by atoms with Crippen molar-refractivity contribution in [3.8, 4) is 0 Å². The van der Waals surface area contributed by atoms with E-state index in [1.54, 1.807) is 6.07 Å². The van der Waals surface area contributed by atoms with Crippen LogP contribution in [0.4, 0.5) is 5.82 Å². The number of aromatic amines is 1. The van der Waals surface area contributed by atoms with E-state index in [2.05, 4.69) is 53.0 Å². The predicted molar refractivity (Wildman–Crippen MR) is 80.0 cm³/mol. The molecule has 1 N–H and O–H groups in total. The molecule has 0 spiro atoms. The molecule has 1 fully saturated rings. The number of nitrogens with one attached hydrogen (secondary N) is 1. The summed E-state index contributed by atoms with van der Waals surface area (Å²) in [5.41, 5.74) is 1.41. The minimum atomic E-state index is -0.101. The van der Waals surface area contributed by atoms with Crippen LogP contribution in [0.2, 0.25) is 0 Å². The van der Waals surface area contributed by atoms with E-state index >= 15 is 0 Å². The Labute approximate surface area is 118 Å². The zero-order chi connectivity index (χ0) is 14.2. The third-order valence-corrected chi connectivity index (χ3v) is 4.13. The molecular formula is C16H19N3O. The lowest BCUT2D eigenvalue weighted by Crippen LogP contribution is -2.25.